The number of ether oxygens (including phenoxy) is 1. The Morgan fingerprint density at radius 2 is 1.80 bits per heavy atom. The third kappa shape index (κ3) is 3.18. The molecule has 3 aliphatic rings. The highest BCUT2D eigenvalue weighted by Crippen LogP contribution is 2.42. The SMILES string of the molecule is NC(=S)CN(C1CCCC1)C1CCOC2(CCCC2)C1. The molecule has 20 heavy (non-hydrogen) atoms. The highest BCUT2D eigenvalue weighted by Gasteiger charge is 2.42. The summed E-state index contributed by atoms with van der Waals surface area (Å²) >= 11 is 5.21. The molecule has 0 aromatic heterocycles. The lowest BCUT2D eigenvalue weighted by Crippen LogP contribution is -2.52. The Hall–Kier alpha value is -0.190. The van der Waals surface area contributed by atoms with Gasteiger partial charge in [0, 0.05) is 25.2 Å². The predicted molar refractivity (Wildman–Crippen MR) is 85.9 cm³/mol. The zero-order valence-electron chi connectivity index (χ0n) is 12.5. The lowest BCUT2D eigenvalue weighted by atomic mass is 9.87. The van der Waals surface area contributed by atoms with Crippen LogP contribution in [0.3, 0.4) is 0 Å². The van der Waals surface area contributed by atoms with Crippen LogP contribution in [0.1, 0.15) is 64.2 Å². The summed E-state index contributed by atoms with van der Waals surface area (Å²) in [5.74, 6) is 0. The third-order valence-corrected chi connectivity index (χ3v) is 5.71. The molecule has 2 aliphatic carbocycles. The molecule has 1 aliphatic heterocycles. The highest BCUT2D eigenvalue weighted by molar-refractivity contribution is 7.80. The van der Waals surface area contributed by atoms with Crippen molar-refractivity contribution < 1.29 is 4.74 Å². The maximum atomic E-state index is 6.18. The molecule has 3 nitrogen and oxygen atoms in total. The average Bonchev–Trinajstić information content (AvgIpc) is 3.08. The van der Waals surface area contributed by atoms with E-state index in [4.69, 9.17) is 22.7 Å². The number of rotatable bonds is 4. The molecule has 1 spiro atoms. The first-order valence-corrected chi connectivity index (χ1v) is 8.77. The first-order chi connectivity index (χ1) is 9.69. The minimum atomic E-state index is 0.190. The molecule has 1 heterocycles. The van der Waals surface area contributed by atoms with Crippen LogP contribution in [0.4, 0.5) is 0 Å². The quantitative estimate of drug-likeness (QED) is 0.809. The predicted octanol–water partition coefficient (Wildman–Crippen LogP) is 3.01. The van der Waals surface area contributed by atoms with E-state index in [1.165, 1.54) is 57.8 Å². The second-order valence-electron chi connectivity index (χ2n) is 6.96. The van der Waals surface area contributed by atoms with Crippen molar-refractivity contribution in [1.29, 1.82) is 0 Å². The molecule has 114 valence electrons. The van der Waals surface area contributed by atoms with E-state index in [9.17, 15) is 0 Å². The number of thiocarbonyl (C=S) groups is 1. The van der Waals surface area contributed by atoms with E-state index in [-0.39, 0.29) is 5.60 Å². The van der Waals surface area contributed by atoms with Crippen LogP contribution in [0.15, 0.2) is 0 Å². The van der Waals surface area contributed by atoms with Gasteiger partial charge in [-0.2, -0.15) is 0 Å². The largest absolute Gasteiger partial charge is 0.392 e. The molecule has 0 aromatic carbocycles. The van der Waals surface area contributed by atoms with Crippen molar-refractivity contribution in [2.24, 2.45) is 5.73 Å². The van der Waals surface area contributed by atoms with Gasteiger partial charge in [-0.15, -0.1) is 0 Å². The smallest absolute Gasteiger partial charge is 0.0870 e. The van der Waals surface area contributed by atoms with Gasteiger partial charge in [0.05, 0.1) is 10.6 Å². The van der Waals surface area contributed by atoms with E-state index in [1.54, 1.807) is 0 Å². The first kappa shape index (κ1) is 14.7. The molecule has 2 saturated carbocycles. The van der Waals surface area contributed by atoms with Crippen LogP contribution in [-0.2, 0) is 4.74 Å². The average molecular weight is 296 g/mol. The fourth-order valence-electron chi connectivity index (χ4n) is 4.62. The van der Waals surface area contributed by atoms with Crippen molar-refractivity contribution in [3.63, 3.8) is 0 Å². The molecular formula is C16H28N2OS. The standard InChI is InChI=1S/C16H28N2OS/c17-15(20)12-18(13-5-1-2-6-13)14-7-10-19-16(11-14)8-3-4-9-16/h13-14H,1-12H2,(H2,17,20). The second kappa shape index (κ2) is 6.29. The van der Waals surface area contributed by atoms with Gasteiger partial charge in [-0.1, -0.05) is 37.9 Å². The summed E-state index contributed by atoms with van der Waals surface area (Å²) in [6.07, 6.45) is 12.9. The topological polar surface area (TPSA) is 38.5 Å². The molecule has 1 unspecified atom stereocenters. The van der Waals surface area contributed by atoms with E-state index in [0.717, 1.165) is 19.6 Å². The van der Waals surface area contributed by atoms with Gasteiger partial charge in [0.25, 0.3) is 0 Å². The summed E-state index contributed by atoms with van der Waals surface area (Å²) in [6.45, 7) is 1.73. The minimum absolute atomic E-state index is 0.190. The van der Waals surface area contributed by atoms with Crippen LogP contribution in [0.2, 0.25) is 0 Å². The molecule has 3 fully saturated rings. The van der Waals surface area contributed by atoms with Gasteiger partial charge in [-0.3, -0.25) is 4.90 Å². The monoisotopic (exact) mass is 296 g/mol. The Morgan fingerprint density at radius 1 is 1.10 bits per heavy atom. The van der Waals surface area contributed by atoms with Crippen LogP contribution < -0.4 is 5.73 Å². The number of nitrogens with two attached hydrogens (primary N) is 1. The van der Waals surface area contributed by atoms with Gasteiger partial charge >= 0.3 is 0 Å². The van der Waals surface area contributed by atoms with Crippen molar-refractivity contribution >= 4 is 17.2 Å². The van der Waals surface area contributed by atoms with Crippen molar-refractivity contribution in [3.8, 4) is 0 Å². The zero-order valence-corrected chi connectivity index (χ0v) is 13.3. The fraction of sp³-hybridized carbons (Fsp3) is 0.938. The Labute approximate surface area is 128 Å². The summed E-state index contributed by atoms with van der Waals surface area (Å²) in [5.41, 5.74) is 6.06. The number of nitrogens with zero attached hydrogens (tertiary/aromatic N) is 1. The van der Waals surface area contributed by atoms with Crippen LogP contribution >= 0.6 is 12.2 Å². The highest BCUT2D eigenvalue weighted by atomic mass is 32.1. The molecule has 1 saturated heterocycles. The first-order valence-electron chi connectivity index (χ1n) is 8.37. The Bertz CT molecular complexity index is 348. The molecule has 1 atom stereocenters. The fourth-order valence-corrected chi connectivity index (χ4v) is 4.77. The summed E-state index contributed by atoms with van der Waals surface area (Å²) in [7, 11) is 0. The molecule has 3 rings (SSSR count). The number of hydrogen-bond acceptors (Lipinski definition) is 3. The molecule has 2 N–H and O–H groups in total. The summed E-state index contributed by atoms with van der Waals surface area (Å²) in [5, 5.41) is 0. The summed E-state index contributed by atoms with van der Waals surface area (Å²) in [4.78, 5) is 3.29. The van der Waals surface area contributed by atoms with Crippen LogP contribution in [0.5, 0.6) is 0 Å². The van der Waals surface area contributed by atoms with E-state index in [1.807, 2.05) is 0 Å². The molecule has 0 amide bonds. The maximum Gasteiger partial charge on any atom is 0.0870 e. The Balaban J connectivity index is 1.70. The van der Waals surface area contributed by atoms with E-state index < -0.39 is 0 Å². The molecular weight excluding hydrogens is 268 g/mol. The van der Waals surface area contributed by atoms with Crippen molar-refractivity contribution in [2.75, 3.05) is 13.2 Å². The van der Waals surface area contributed by atoms with Crippen LogP contribution in [0, 0.1) is 0 Å². The Morgan fingerprint density at radius 3 is 2.45 bits per heavy atom. The van der Waals surface area contributed by atoms with Gasteiger partial charge in [0.15, 0.2) is 0 Å². The lowest BCUT2D eigenvalue weighted by Gasteiger charge is -2.45. The van der Waals surface area contributed by atoms with Gasteiger partial charge in [0.2, 0.25) is 0 Å². The van der Waals surface area contributed by atoms with Crippen molar-refractivity contribution in [2.45, 2.75) is 81.9 Å². The minimum Gasteiger partial charge on any atom is -0.392 e. The van der Waals surface area contributed by atoms with E-state index in [2.05, 4.69) is 4.90 Å². The van der Waals surface area contributed by atoms with Gasteiger partial charge in [-0.05, 0) is 38.5 Å². The lowest BCUT2D eigenvalue weighted by molar-refractivity contribution is -0.104. The number of hydrogen-bond donors (Lipinski definition) is 1. The normalized spacial score (nSPS) is 30.4. The maximum absolute atomic E-state index is 6.18. The summed E-state index contributed by atoms with van der Waals surface area (Å²) < 4.78 is 6.18. The van der Waals surface area contributed by atoms with Crippen molar-refractivity contribution in [1.82, 2.24) is 4.90 Å². The van der Waals surface area contributed by atoms with E-state index >= 15 is 0 Å². The van der Waals surface area contributed by atoms with Crippen molar-refractivity contribution in [3.05, 3.63) is 0 Å². The third-order valence-electron chi connectivity index (χ3n) is 5.58. The molecule has 0 bridgehead atoms. The Kier molecular flexibility index (Phi) is 4.63. The summed E-state index contributed by atoms with van der Waals surface area (Å²) in [6, 6.07) is 1.34. The van der Waals surface area contributed by atoms with Crippen LogP contribution in [-0.4, -0.2) is 40.7 Å². The molecule has 0 radical (unpaired) electrons. The van der Waals surface area contributed by atoms with E-state index in [0.29, 0.717) is 17.1 Å². The molecule has 4 heteroatoms. The van der Waals surface area contributed by atoms with Gasteiger partial charge in [-0.25, -0.2) is 0 Å². The zero-order chi connectivity index (χ0) is 14.0. The molecule has 0 aromatic rings. The second-order valence-corrected chi connectivity index (χ2v) is 7.49. The van der Waals surface area contributed by atoms with Crippen LogP contribution in [0.25, 0.3) is 0 Å². The van der Waals surface area contributed by atoms with Gasteiger partial charge < -0.3 is 10.5 Å². The van der Waals surface area contributed by atoms with Gasteiger partial charge in [0.1, 0.15) is 0 Å².